The number of benzene rings is 1. The number of hydrogen-bond donors (Lipinski definition) is 0. The van der Waals surface area contributed by atoms with Gasteiger partial charge in [-0.05, 0) is 68.5 Å². The number of carbonyl (C=O) groups is 1. The Morgan fingerprint density at radius 3 is 2.56 bits per heavy atom. The van der Waals surface area contributed by atoms with Crippen molar-refractivity contribution in [3.05, 3.63) is 64.6 Å². The van der Waals surface area contributed by atoms with Crippen molar-refractivity contribution in [3.8, 4) is 5.69 Å². The highest BCUT2D eigenvalue weighted by atomic mass is 35.5. The quantitative estimate of drug-likeness (QED) is 0.509. The number of rotatable bonds is 3. The number of amides is 1. The highest BCUT2D eigenvalue weighted by Gasteiger charge is 2.56. The van der Waals surface area contributed by atoms with Gasteiger partial charge >= 0.3 is 0 Å². The van der Waals surface area contributed by atoms with Gasteiger partial charge in [0.25, 0.3) is 5.91 Å². The van der Waals surface area contributed by atoms with Crippen LogP contribution < -0.4 is 4.90 Å². The van der Waals surface area contributed by atoms with E-state index in [1.165, 1.54) is 12.3 Å². The fraction of sp³-hybridized carbons (Fsp3) is 0.462. The van der Waals surface area contributed by atoms with Crippen LogP contribution in [0, 0.1) is 11.2 Å². The first-order valence-corrected chi connectivity index (χ1v) is 12.7. The van der Waals surface area contributed by atoms with E-state index in [9.17, 15) is 13.6 Å². The van der Waals surface area contributed by atoms with E-state index < -0.39 is 17.6 Å². The predicted molar refractivity (Wildman–Crippen MR) is 129 cm³/mol. The van der Waals surface area contributed by atoms with Gasteiger partial charge < -0.3 is 9.80 Å². The summed E-state index contributed by atoms with van der Waals surface area (Å²) >= 11 is 6.33. The van der Waals surface area contributed by atoms with Crippen molar-refractivity contribution in [3.63, 3.8) is 0 Å². The molecule has 0 radical (unpaired) electrons. The Kier molecular flexibility index (Phi) is 4.60. The molecule has 1 aromatic carbocycles. The molecule has 3 fully saturated rings. The molecule has 10 heteroatoms. The number of halogens is 3. The average molecular weight is 511 g/mol. The smallest absolute Gasteiger partial charge is 0.261 e. The zero-order valence-corrected chi connectivity index (χ0v) is 20.5. The molecule has 1 spiro atoms. The molecular formula is C26H25ClF2N6O. The largest absolute Gasteiger partial charge is 0.355 e. The highest BCUT2D eigenvalue weighted by Crippen LogP contribution is 2.57. The molecule has 186 valence electrons. The molecule has 1 atom stereocenters. The van der Waals surface area contributed by atoms with E-state index in [0.29, 0.717) is 10.8 Å². The topological polar surface area (TPSA) is 67.2 Å². The predicted octanol–water partition coefficient (Wildman–Crippen LogP) is 4.74. The maximum Gasteiger partial charge on any atom is 0.261 e. The summed E-state index contributed by atoms with van der Waals surface area (Å²) in [6, 6.07) is 8.36. The lowest BCUT2D eigenvalue weighted by Crippen LogP contribution is -2.62. The second-order valence-corrected chi connectivity index (χ2v) is 11.3. The van der Waals surface area contributed by atoms with Gasteiger partial charge in [0.15, 0.2) is 11.5 Å². The maximum absolute atomic E-state index is 14.8. The van der Waals surface area contributed by atoms with Gasteiger partial charge in [-0.25, -0.2) is 13.8 Å². The summed E-state index contributed by atoms with van der Waals surface area (Å²) in [4.78, 5) is 21.0. The third kappa shape index (κ3) is 3.28. The number of anilines is 1. The monoisotopic (exact) mass is 510 g/mol. The molecule has 3 aromatic rings. The van der Waals surface area contributed by atoms with Gasteiger partial charge in [0.1, 0.15) is 17.5 Å². The second-order valence-electron chi connectivity index (χ2n) is 10.9. The van der Waals surface area contributed by atoms with Crippen LogP contribution >= 0.6 is 11.6 Å². The van der Waals surface area contributed by atoms with Crippen molar-refractivity contribution in [1.29, 1.82) is 0 Å². The van der Waals surface area contributed by atoms with Crippen molar-refractivity contribution in [1.82, 2.24) is 24.6 Å². The first kappa shape index (κ1) is 22.2. The summed E-state index contributed by atoms with van der Waals surface area (Å²) in [7, 11) is 0. The molecule has 0 N–H and O–H groups in total. The minimum Gasteiger partial charge on any atom is -0.355 e. The van der Waals surface area contributed by atoms with Crippen LogP contribution in [0.4, 0.5) is 14.6 Å². The van der Waals surface area contributed by atoms with Crippen molar-refractivity contribution < 1.29 is 13.6 Å². The van der Waals surface area contributed by atoms with E-state index in [1.807, 2.05) is 25.1 Å². The first-order chi connectivity index (χ1) is 17.3. The van der Waals surface area contributed by atoms with Crippen LogP contribution in [0.2, 0.25) is 5.02 Å². The van der Waals surface area contributed by atoms with Crippen LogP contribution in [-0.2, 0) is 11.3 Å². The third-order valence-corrected chi connectivity index (χ3v) is 8.56. The van der Waals surface area contributed by atoms with Crippen molar-refractivity contribution in [2.24, 2.45) is 5.41 Å². The number of carbonyl (C=O) groups excluding carboxylic acids is 1. The van der Waals surface area contributed by atoms with E-state index >= 15 is 0 Å². The lowest BCUT2D eigenvalue weighted by molar-refractivity contribution is -0.141. The Balaban J connectivity index is 1.17. The molecule has 2 aromatic heterocycles. The van der Waals surface area contributed by atoms with E-state index in [4.69, 9.17) is 11.6 Å². The normalized spacial score (nSPS) is 23.4. The molecule has 1 amide bonds. The van der Waals surface area contributed by atoms with Gasteiger partial charge in [0, 0.05) is 36.0 Å². The summed E-state index contributed by atoms with van der Waals surface area (Å²) in [5.41, 5.74) is 0.187. The van der Waals surface area contributed by atoms with Gasteiger partial charge in [-0.3, -0.25) is 9.36 Å². The van der Waals surface area contributed by atoms with E-state index in [1.54, 1.807) is 11.0 Å². The molecule has 2 aliphatic carbocycles. The Labute approximate surface area is 212 Å². The van der Waals surface area contributed by atoms with Crippen LogP contribution in [0.1, 0.15) is 61.8 Å². The number of alkyl halides is 1. The number of hydrogen-bond acceptors (Lipinski definition) is 5. The minimum atomic E-state index is -1.76. The molecule has 4 heterocycles. The highest BCUT2D eigenvalue weighted by molar-refractivity contribution is 6.30. The minimum absolute atomic E-state index is 0.195. The summed E-state index contributed by atoms with van der Waals surface area (Å²) < 4.78 is 30.1. The fourth-order valence-corrected chi connectivity index (χ4v) is 6.38. The Bertz CT molecular complexity index is 1370. The molecule has 4 aliphatic rings. The standard InChI is InChI=1S/C26H25ClF2N6O/c1-15-22-31-32-23(17-9-25(10-17)13-33(14-25)21-5-3-19(28)11-30-21)35(22)20-4-2-18(27)8-16(20)12-34(15)24(36)26(29)6-7-26/h2-5,8,11,15,17H,6-7,9-10,12-14H2,1H3. The van der Waals surface area contributed by atoms with Crippen LogP contribution in [0.5, 0.6) is 0 Å². The van der Waals surface area contributed by atoms with E-state index in [-0.39, 0.29) is 36.5 Å². The van der Waals surface area contributed by atoms with E-state index in [0.717, 1.165) is 48.8 Å². The third-order valence-electron chi connectivity index (χ3n) is 8.32. The van der Waals surface area contributed by atoms with Gasteiger partial charge in [0.2, 0.25) is 0 Å². The van der Waals surface area contributed by atoms with Gasteiger partial charge in [-0.2, -0.15) is 0 Å². The Hall–Kier alpha value is -3.07. The molecule has 0 bridgehead atoms. The maximum atomic E-state index is 14.8. The molecule has 2 saturated carbocycles. The Morgan fingerprint density at radius 2 is 1.86 bits per heavy atom. The van der Waals surface area contributed by atoms with Crippen LogP contribution in [0.25, 0.3) is 5.69 Å². The summed E-state index contributed by atoms with van der Waals surface area (Å²) in [5.74, 6) is 1.73. The van der Waals surface area contributed by atoms with E-state index in [2.05, 4.69) is 24.6 Å². The number of fused-ring (bicyclic) bond motifs is 3. The summed E-state index contributed by atoms with van der Waals surface area (Å²) in [6.07, 6.45) is 3.73. The summed E-state index contributed by atoms with van der Waals surface area (Å²) in [6.45, 7) is 3.93. The summed E-state index contributed by atoms with van der Waals surface area (Å²) in [5, 5.41) is 9.69. The molecule has 2 aliphatic heterocycles. The van der Waals surface area contributed by atoms with Crippen molar-refractivity contribution in [2.75, 3.05) is 18.0 Å². The number of pyridine rings is 1. The van der Waals surface area contributed by atoms with Crippen LogP contribution in [-0.4, -0.2) is 49.3 Å². The Morgan fingerprint density at radius 1 is 1.11 bits per heavy atom. The van der Waals surface area contributed by atoms with Gasteiger partial charge in [-0.15, -0.1) is 10.2 Å². The molecule has 1 saturated heterocycles. The number of nitrogens with zero attached hydrogens (tertiary/aromatic N) is 6. The van der Waals surface area contributed by atoms with Gasteiger partial charge in [-0.1, -0.05) is 11.6 Å². The molecule has 1 unspecified atom stereocenters. The lowest BCUT2D eigenvalue weighted by atomic mass is 9.57. The van der Waals surface area contributed by atoms with Gasteiger partial charge in [0.05, 0.1) is 17.9 Å². The number of aromatic nitrogens is 4. The zero-order valence-electron chi connectivity index (χ0n) is 19.8. The fourth-order valence-electron chi connectivity index (χ4n) is 6.18. The second kappa shape index (κ2) is 7.47. The molecule has 7 nitrogen and oxygen atoms in total. The van der Waals surface area contributed by atoms with Crippen LogP contribution in [0.15, 0.2) is 36.5 Å². The van der Waals surface area contributed by atoms with Crippen molar-refractivity contribution >= 4 is 23.3 Å². The molecular weight excluding hydrogens is 486 g/mol. The van der Waals surface area contributed by atoms with Crippen LogP contribution in [0.3, 0.4) is 0 Å². The van der Waals surface area contributed by atoms with Crippen molar-refractivity contribution in [2.45, 2.75) is 56.8 Å². The zero-order chi connectivity index (χ0) is 24.8. The first-order valence-electron chi connectivity index (χ1n) is 12.4. The lowest BCUT2D eigenvalue weighted by Gasteiger charge is -2.59. The molecule has 7 rings (SSSR count). The average Bonchev–Trinajstić information content (AvgIpc) is 3.44. The molecule has 36 heavy (non-hydrogen) atoms. The SMILES string of the molecule is CC1c2nnc(C3CC4(C3)CN(c3ccc(F)cn3)C4)n2-c2ccc(Cl)cc2CN1C(=O)C1(F)CC1.